The summed E-state index contributed by atoms with van der Waals surface area (Å²) in [4.78, 5) is 18.3. The van der Waals surface area contributed by atoms with Gasteiger partial charge in [0, 0.05) is 25.2 Å². The number of nitriles is 1. The highest BCUT2D eigenvalue weighted by Gasteiger charge is 2.18. The molecule has 4 nitrogen and oxygen atoms in total. The average molecular weight is 538 g/mol. The summed E-state index contributed by atoms with van der Waals surface area (Å²) in [5.41, 5.74) is 6.04. The van der Waals surface area contributed by atoms with Gasteiger partial charge in [0.1, 0.15) is 0 Å². The molecule has 4 heteroatoms. The third kappa shape index (κ3) is 9.96. The van der Waals surface area contributed by atoms with Crippen LogP contribution in [0.1, 0.15) is 92.8 Å². The van der Waals surface area contributed by atoms with Crippen molar-refractivity contribution in [3.8, 4) is 17.2 Å². The minimum Gasteiger partial charge on any atom is -0.333 e. The molecule has 0 aromatic heterocycles. The van der Waals surface area contributed by atoms with Crippen LogP contribution in [0.3, 0.4) is 0 Å². The third-order valence-electron chi connectivity index (χ3n) is 7.57. The summed E-state index contributed by atoms with van der Waals surface area (Å²) >= 11 is 0. The maximum absolute atomic E-state index is 13.8. The molecular weight excluding hydrogens is 490 g/mol. The first-order valence-corrected chi connectivity index (χ1v) is 15.3. The molecule has 3 rings (SSSR count). The summed E-state index contributed by atoms with van der Waals surface area (Å²) in [5, 5.41) is 9.08. The van der Waals surface area contributed by atoms with Crippen molar-refractivity contribution < 1.29 is 4.79 Å². The Morgan fingerprint density at radius 2 is 1.20 bits per heavy atom. The lowest BCUT2D eigenvalue weighted by atomic mass is 10.0. The Kier molecular flexibility index (Phi) is 13.5. The minimum atomic E-state index is 0.0993. The number of hydrogen-bond donors (Lipinski definition) is 0. The van der Waals surface area contributed by atoms with Crippen molar-refractivity contribution >= 4 is 5.91 Å². The van der Waals surface area contributed by atoms with Crippen molar-refractivity contribution in [3.05, 3.63) is 95.1 Å². The number of nitrogens with zero attached hydrogens (tertiary/aromatic N) is 3. The van der Waals surface area contributed by atoms with Crippen molar-refractivity contribution in [2.45, 2.75) is 78.7 Å². The number of hydrogen-bond acceptors (Lipinski definition) is 3. The van der Waals surface area contributed by atoms with Gasteiger partial charge in [-0.2, -0.15) is 5.26 Å². The minimum absolute atomic E-state index is 0.0993. The van der Waals surface area contributed by atoms with Crippen LogP contribution in [0.15, 0.2) is 72.8 Å². The molecule has 0 N–H and O–H groups in total. The second kappa shape index (κ2) is 17.3. The summed E-state index contributed by atoms with van der Waals surface area (Å²) in [6, 6.07) is 26.6. The number of benzene rings is 3. The quantitative estimate of drug-likeness (QED) is 0.162. The van der Waals surface area contributed by atoms with Gasteiger partial charge in [0.15, 0.2) is 0 Å². The molecule has 212 valence electrons. The molecule has 0 unspecified atom stereocenters. The first-order valence-electron chi connectivity index (χ1n) is 15.3. The highest BCUT2D eigenvalue weighted by molar-refractivity contribution is 5.94. The van der Waals surface area contributed by atoms with Crippen molar-refractivity contribution in [2.75, 3.05) is 26.2 Å². The summed E-state index contributed by atoms with van der Waals surface area (Å²) in [6.07, 6.45) is 9.46. The van der Waals surface area contributed by atoms with E-state index in [0.29, 0.717) is 18.7 Å². The summed E-state index contributed by atoms with van der Waals surface area (Å²) in [7, 11) is 0. The van der Waals surface area contributed by atoms with E-state index in [2.05, 4.69) is 68.1 Å². The van der Waals surface area contributed by atoms with Gasteiger partial charge in [0.25, 0.3) is 5.91 Å². The van der Waals surface area contributed by atoms with Gasteiger partial charge < -0.3 is 9.80 Å². The van der Waals surface area contributed by atoms with E-state index in [1.165, 1.54) is 50.5 Å². The van der Waals surface area contributed by atoms with E-state index >= 15 is 0 Å². The number of amides is 1. The predicted molar refractivity (Wildman–Crippen MR) is 167 cm³/mol. The monoisotopic (exact) mass is 537 g/mol. The molecule has 0 atom stereocenters. The Morgan fingerprint density at radius 3 is 1.75 bits per heavy atom. The van der Waals surface area contributed by atoms with Crippen LogP contribution in [0, 0.1) is 11.3 Å². The molecule has 0 radical (unpaired) electrons. The van der Waals surface area contributed by atoms with E-state index < -0.39 is 0 Å². The summed E-state index contributed by atoms with van der Waals surface area (Å²) in [6.45, 7) is 11.1. The van der Waals surface area contributed by atoms with Crippen molar-refractivity contribution in [1.82, 2.24) is 9.80 Å². The van der Waals surface area contributed by atoms with E-state index in [1.54, 1.807) is 0 Å². The Bertz CT molecular complexity index is 1170. The molecule has 0 spiro atoms. The highest BCUT2D eigenvalue weighted by atomic mass is 16.2. The molecule has 0 aliphatic heterocycles. The van der Waals surface area contributed by atoms with Crippen LogP contribution in [0.2, 0.25) is 0 Å². The fourth-order valence-corrected chi connectivity index (χ4v) is 4.95. The lowest BCUT2D eigenvalue weighted by molar-refractivity contribution is 0.0720. The second-order valence-electron chi connectivity index (χ2n) is 10.8. The Labute approximate surface area is 242 Å². The van der Waals surface area contributed by atoms with E-state index in [-0.39, 0.29) is 5.91 Å². The number of rotatable bonds is 17. The SMILES string of the molecule is CCCCCc1ccc(C(=O)N(CCN(CCCC)CCCC)Cc2ccc(-c3ccc(C#N)cc3)cc2)cc1. The number of carbonyl (C=O) groups excluding carboxylic acids is 1. The Balaban J connectivity index is 1.75. The van der Waals surface area contributed by atoms with Crippen LogP contribution >= 0.6 is 0 Å². The topological polar surface area (TPSA) is 47.3 Å². The zero-order chi connectivity index (χ0) is 28.6. The van der Waals surface area contributed by atoms with Crippen LogP contribution in [0.4, 0.5) is 0 Å². The molecule has 0 aliphatic rings. The van der Waals surface area contributed by atoms with Crippen molar-refractivity contribution in [3.63, 3.8) is 0 Å². The van der Waals surface area contributed by atoms with Gasteiger partial charge in [-0.05, 0) is 85.3 Å². The van der Waals surface area contributed by atoms with Gasteiger partial charge in [-0.25, -0.2) is 0 Å². The van der Waals surface area contributed by atoms with E-state index in [0.717, 1.165) is 48.3 Å². The molecule has 0 heterocycles. The lowest BCUT2D eigenvalue weighted by Crippen LogP contribution is -2.39. The molecule has 0 fully saturated rings. The van der Waals surface area contributed by atoms with Gasteiger partial charge in [0.05, 0.1) is 11.6 Å². The maximum Gasteiger partial charge on any atom is 0.254 e. The van der Waals surface area contributed by atoms with Crippen LogP contribution in [0.5, 0.6) is 0 Å². The molecular formula is C36H47N3O. The molecule has 1 amide bonds. The fourth-order valence-electron chi connectivity index (χ4n) is 4.95. The molecule has 0 aliphatic carbocycles. The van der Waals surface area contributed by atoms with Gasteiger partial charge >= 0.3 is 0 Å². The highest BCUT2D eigenvalue weighted by Crippen LogP contribution is 2.21. The smallest absolute Gasteiger partial charge is 0.254 e. The van der Waals surface area contributed by atoms with Gasteiger partial charge in [-0.1, -0.05) is 95.0 Å². The van der Waals surface area contributed by atoms with Gasteiger partial charge in [-0.3, -0.25) is 4.79 Å². The van der Waals surface area contributed by atoms with Gasteiger partial charge in [0.2, 0.25) is 0 Å². The first-order chi connectivity index (χ1) is 19.6. The fraction of sp³-hybridized carbons (Fsp3) is 0.444. The van der Waals surface area contributed by atoms with E-state index in [4.69, 9.17) is 5.26 Å². The zero-order valence-corrected chi connectivity index (χ0v) is 24.9. The first kappa shape index (κ1) is 31.1. The van der Waals surface area contributed by atoms with Crippen LogP contribution in [0.25, 0.3) is 11.1 Å². The molecule has 3 aromatic rings. The summed E-state index contributed by atoms with van der Waals surface area (Å²) < 4.78 is 0. The number of carbonyl (C=O) groups is 1. The average Bonchev–Trinajstić information content (AvgIpc) is 3.00. The predicted octanol–water partition coefficient (Wildman–Crippen LogP) is 8.50. The molecule has 0 bridgehead atoms. The van der Waals surface area contributed by atoms with Crippen LogP contribution in [-0.4, -0.2) is 41.9 Å². The lowest BCUT2D eigenvalue weighted by Gasteiger charge is -2.28. The molecule has 0 saturated carbocycles. The van der Waals surface area contributed by atoms with Crippen LogP contribution < -0.4 is 0 Å². The number of unbranched alkanes of at least 4 members (excludes halogenated alkanes) is 4. The number of aryl methyl sites for hydroxylation is 1. The molecule has 0 saturated heterocycles. The zero-order valence-electron chi connectivity index (χ0n) is 24.9. The molecule has 40 heavy (non-hydrogen) atoms. The van der Waals surface area contributed by atoms with E-state index in [1.807, 2.05) is 41.3 Å². The third-order valence-corrected chi connectivity index (χ3v) is 7.57. The Morgan fingerprint density at radius 1 is 0.650 bits per heavy atom. The van der Waals surface area contributed by atoms with Crippen molar-refractivity contribution in [2.24, 2.45) is 0 Å². The Hall–Kier alpha value is -3.42. The normalized spacial score (nSPS) is 11.0. The van der Waals surface area contributed by atoms with E-state index in [9.17, 15) is 4.79 Å². The van der Waals surface area contributed by atoms with Crippen molar-refractivity contribution in [1.29, 1.82) is 5.26 Å². The largest absolute Gasteiger partial charge is 0.333 e. The second-order valence-corrected chi connectivity index (χ2v) is 10.8. The maximum atomic E-state index is 13.8. The summed E-state index contributed by atoms with van der Waals surface area (Å²) in [5.74, 6) is 0.0993. The van der Waals surface area contributed by atoms with Gasteiger partial charge in [-0.15, -0.1) is 0 Å². The van der Waals surface area contributed by atoms with Crippen LogP contribution in [-0.2, 0) is 13.0 Å². The standard InChI is InChI=1S/C36H47N3O/c1-4-7-10-11-30-12-22-35(23-13-30)36(40)39(27-26-38(24-8-5-2)25-9-6-3)29-32-16-20-34(21-17-32)33-18-14-31(28-37)15-19-33/h12-23H,4-11,24-27,29H2,1-3H3. The molecule has 3 aromatic carbocycles.